The number of rotatable bonds is 4. The van der Waals surface area contributed by atoms with Gasteiger partial charge in [0.25, 0.3) is 0 Å². The normalized spacial score (nSPS) is 9.60. The summed E-state index contributed by atoms with van der Waals surface area (Å²) in [7, 11) is 0. The molecule has 2 N–H and O–H groups in total. The van der Waals surface area contributed by atoms with Crippen LogP contribution in [-0.4, -0.2) is 22.8 Å². The Labute approximate surface area is 58.7 Å². The maximum Gasteiger partial charge on any atom is 0.133 e. The lowest BCUT2D eigenvalue weighted by Gasteiger charge is -1.93. The van der Waals surface area contributed by atoms with E-state index in [2.05, 4.69) is 15.3 Å². The highest BCUT2D eigenvalue weighted by Crippen LogP contribution is 1.84. The molecule has 10 heavy (non-hydrogen) atoms. The smallest absolute Gasteiger partial charge is 0.133 e. The predicted molar refractivity (Wildman–Crippen MR) is 36.4 cm³/mol. The molecule has 0 aliphatic carbocycles. The summed E-state index contributed by atoms with van der Waals surface area (Å²) in [6.07, 6.45) is 4.25. The van der Waals surface area contributed by atoms with Gasteiger partial charge in [0, 0.05) is 12.4 Å². The molecule has 0 radical (unpaired) electrons. The molecule has 0 saturated carbocycles. The summed E-state index contributed by atoms with van der Waals surface area (Å²) in [6, 6.07) is 0. The van der Waals surface area contributed by atoms with Crippen molar-refractivity contribution in [1.82, 2.24) is 15.3 Å². The number of aldehydes is 1. The quantitative estimate of drug-likeness (QED) is 0.444. The Morgan fingerprint density at radius 3 is 3.30 bits per heavy atom. The molecule has 0 fully saturated rings. The highest BCUT2D eigenvalue weighted by molar-refractivity contribution is 5.51. The van der Waals surface area contributed by atoms with Gasteiger partial charge in [0.05, 0.1) is 13.1 Å². The van der Waals surface area contributed by atoms with Crippen molar-refractivity contribution in [2.75, 3.05) is 6.54 Å². The van der Waals surface area contributed by atoms with Crippen LogP contribution in [0.1, 0.15) is 5.82 Å². The molecular formula is C6H9N3O. The number of nitrogens with one attached hydrogen (secondary N) is 2. The highest BCUT2D eigenvalue weighted by Gasteiger charge is 1.90. The third-order valence-electron chi connectivity index (χ3n) is 1.07. The van der Waals surface area contributed by atoms with E-state index in [9.17, 15) is 4.79 Å². The van der Waals surface area contributed by atoms with Crippen LogP contribution < -0.4 is 5.32 Å². The lowest BCUT2D eigenvalue weighted by Crippen LogP contribution is -2.16. The second-order valence-corrected chi connectivity index (χ2v) is 1.83. The molecule has 0 aliphatic rings. The average Bonchev–Trinajstić information content (AvgIpc) is 2.41. The number of H-pyrrole nitrogens is 1. The zero-order valence-electron chi connectivity index (χ0n) is 5.50. The fraction of sp³-hybridized carbons (Fsp3) is 0.333. The number of hydrogen-bond donors (Lipinski definition) is 2. The fourth-order valence-electron chi connectivity index (χ4n) is 0.644. The number of nitrogens with zero attached hydrogens (tertiary/aromatic N) is 1. The third kappa shape index (κ3) is 1.99. The zero-order valence-corrected chi connectivity index (χ0v) is 5.50. The van der Waals surface area contributed by atoms with Crippen LogP contribution in [0.3, 0.4) is 0 Å². The van der Waals surface area contributed by atoms with E-state index in [1.165, 1.54) is 0 Å². The van der Waals surface area contributed by atoms with Gasteiger partial charge in [-0.15, -0.1) is 0 Å². The van der Waals surface area contributed by atoms with E-state index in [1.54, 1.807) is 12.4 Å². The van der Waals surface area contributed by atoms with Gasteiger partial charge in [0.2, 0.25) is 0 Å². The van der Waals surface area contributed by atoms with Gasteiger partial charge >= 0.3 is 0 Å². The molecule has 0 aromatic carbocycles. The molecule has 1 heterocycles. The first-order chi connectivity index (χ1) is 4.93. The van der Waals surface area contributed by atoms with Gasteiger partial charge in [-0.3, -0.25) is 0 Å². The average molecular weight is 139 g/mol. The van der Waals surface area contributed by atoms with Gasteiger partial charge in [-0.2, -0.15) is 0 Å². The second-order valence-electron chi connectivity index (χ2n) is 1.83. The topological polar surface area (TPSA) is 57.8 Å². The van der Waals surface area contributed by atoms with Crippen molar-refractivity contribution in [3.8, 4) is 0 Å². The van der Waals surface area contributed by atoms with Crippen LogP contribution in [-0.2, 0) is 11.3 Å². The van der Waals surface area contributed by atoms with Gasteiger partial charge in [0.1, 0.15) is 12.1 Å². The van der Waals surface area contributed by atoms with Crippen molar-refractivity contribution in [2.24, 2.45) is 0 Å². The largest absolute Gasteiger partial charge is 0.348 e. The summed E-state index contributed by atoms with van der Waals surface area (Å²) in [5, 5.41) is 2.88. The first-order valence-corrected chi connectivity index (χ1v) is 3.06. The molecule has 0 aliphatic heterocycles. The zero-order chi connectivity index (χ0) is 7.23. The fourth-order valence-corrected chi connectivity index (χ4v) is 0.644. The monoisotopic (exact) mass is 139 g/mol. The number of hydrogen-bond acceptors (Lipinski definition) is 3. The maximum atomic E-state index is 9.84. The molecular weight excluding hydrogens is 130 g/mol. The molecule has 54 valence electrons. The summed E-state index contributed by atoms with van der Waals surface area (Å²) in [5.41, 5.74) is 0. The summed E-state index contributed by atoms with van der Waals surface area (Å²) in [5.74, 6) is 0.849. The van der Waals surface area contributed by atoms with Crippen molar-refractivity contribution in [3.05, 3.63) is 18.2 Å². The minimum absolute atomic E-state index is 0.376. The van der Waals surface area contributed by atoms with Crippen molar-refractivity contribution < 1.29 is 4.79 Å². The lowest BCUT2D eigenvalue weighted by atomic mass is 10.6. The van der Waals surface area contributed by atoms with Crippen LogP contribution in [0.2, 0.25) is 0 Å². The number of carbonyl (C=O) groups is 1. The molecule has 4 nitrogen and oxygen atoms in total. The molecule has 0 atom stereocenters. The summed E-state index contributed by atoms with van der Waals surface area (Å²) >= 11 is 0. The third-order valence-corrected chi connectivity index (χ3v) is 1.07. The van der Waals surface area contributed by atoms with E-state index >= 15 is 0 Å². The highest BCUT2D eigenvalue weighted by atomic mass is 16.1. The minimum Gasteiger partial charge on any atom is -0.348 e. The standard InChI is InChI=1S/C6H9N3O/c10-4-3-7-5-6-8-1-2-9-6/h1-2,4,7H,3,5H2,(H,8,9). The molecule has 0 unspecified atom stereocenters. The van der Waals surface area contributed by atoms with Crippen LogP contribution in [0.15, 0.2) is 12.4 Å². The first-order valence-electron chi connectivity index (χ1n) is 3.06. The minimum atomic E-state index is 0.376. The first kappa shape index (κ1) is 6.95. The number of aromatic amines is 1. The van der Waals surface area contributed by atoms with Gasteiger partial charge in [0.15, 0.2) is 0 Å². The molecule has 0 amide bonds. The van der Waals surface area contributed by atoms with Crippen LogP contribution >= 0.6 is 0 Å². The van der Waals surface area contributed by atoms with Crippen LogP contribution in [0.4, 0.5) is 0 Å². The molecule has 1 aromatic rings. The molecule has 1 rings (SSSR count). The van der Waals surface area contributed by atoms with Gasteiger partial charge in [-0.1, -0.05) is 0 Å². The van der Waals surface area contributed by atoms with Crippen molar-refractivity contribution in [2.45, 2.75) is 6.54 Å². The van der Waals surface area contributed by atoms with E-state index in [0.29, 0.717) is 13.1 Å². The van der Waals surface area contributed by atoms with Crippen molar-refractivity contribution in [3.63, 3.8) is 0 Å². The van der Waals surface area contributed by atoms with E-state index in [4.69, 9.17) is 0 Å². The van der Waals surface area contributed by atoms with E-state index in [0.717, 1.165) is 12.1 Å². The van der Waals surface area contributed by atoms with Crippen molar-refractivity contribution >= 4 is 6.29 Å². The van der Waals surface area contributed by atoms with E-state index in [-0.39, 0.29) is 0 Å². The summed E-state index contributed by atoms with van der Waals surface area (Å²) in [4.78, 5) is 16.7. The maximum absolute atomic E-state index is 9.84. The van der Waals surface area contributed by atoms with E-state index in [1.807, 2.05) is 0 Å². The summed E-state index contributed by atoms with van der Waals surface area (Å²) < 4.78 is 0. The van der Waals surface area contributed by atoms with Crippen LogP contribution in [0.5, 0.6) is 0 Å². The Hall–Kier alpha value is -1.16. The van der Waals surface area contributed by atoms with Gasteiger partial charge in [-0.05, 0) is 0 Å². The number of aromatic nitrogens is 2. The Balaban J connectivity index is 2.21. The molecule has 0 spiro atoms. The number of carbonyl (C=O) groups excluding carboxylic acids is 1. The Bertz CT molecular complexity index is 183. The Morgan fingerprint density at radius 2 is 2.70 bits per heavy atom. The lowest BCUT2D eigenvalue weighted by molar-refractivity contribution is -0.107. The second kappa shape index (κ2) is 3.79. The summed E-state index contributed by atoms with van der Waals surface area (Å²) in [6.45, 7) is 0.993. The molecule has 0 saturated heterocycles. The SMILES string of the molecule is O=CCNCc1ncc[nH]1. The van der Waals surface area contributed by atoms with Crippen LogP contribution in [0, 0.1) is 0 Å². The predicted octanol–water partition coefficient (Wildman–Crippen LogP) is -0.302. The van der Waals surface area contributed by atoms with Gasteiger partial charge < -0.3 is 15.1 Å². The van der Waals surface area contributed by atoms with E-state index < -0.39 is 0 Å². The Morgan fingerprint density at radius 1 is 1.80 bits per heavy atom. The Kier molecular flexibility index (Phi) is 2.63. The molecule has 0 bridgehead atoms. The molecule has 4 heteroatoms. The van der Waals surface area contributed by atoms with Gasteiger partial charge in [-0.25, -0.2) is 4.98 Å². The molecule has 1 aromatic heterocycles. The van der Waals surface area contributed by atoms with Crippen LogP contribution in [0.25, 0.3) is 0 Å². The number of imidazole rings is 1. The van der Waals surface area contributed by atoms with Crippen molar-refractivity contribution in [1.29, 1.82) is 0 Å².